The van der Waals surface area contributed by atoms with Crippen LogP contribution in [0.4, 0.5) is 0 Å². The molecule has 0 heterocycles. The molecule has 17 heavy (non-hydrogen) atoms. The number of esters is 1. The maximum Gasteiger partial charge on any atom is 0.334 e. The van der Waals surface area contributed by atoms with Crippen molar-refractivity contribution < 1.29 is 9.53 Å². The van der Waals surface area contributed by atoms with Gasteiger partial charge < -0.3 is 4.74 Å². The monoisotopic (exact) mass is 237 g/mol. The zero-order valence-electron chi connectivity index (χ0n) is 10.8. The number of carbonyl (C=O) groups excluding carboxylic acids is 1. The SMILES string of the molecule is C=CCN(CC(=C)C(=O)OC)C1CCCCC1. The minimum atomic E-state index is -0.310. The first-order valence-corrected chi connectivity index (χ1v) is 6.30. The fourth-order valence-electron chi connectivity index (χ4n) is 2.41. The van der Waals surface area contributed by atoms with Crippen molar-refractivity contribution in [3.8, 4) is 0 Å². The van der Waals surface area contributed by atoms with Crippen LogP contribution < -0.4 is 0 Å². The number of methoxy groups -OCH3 is 1. The van der Waals surface area contributed by atoms with Gasteiger partial charge in [0.1, 0.15) is 0 Å². The van der Waals surface area contributed by atoms with E-state index in [2.05, 4.69) is 22.8 Å². The van der Waals surface area contributed by atoms with E-state index < -0.39 is 0 Å². The molecule has 0 spiro atoms. The van der Waals surface area contributed by atoms with Gasteiger partial charge >= 0.3 is 5.97 Å². The fraction of sp³-hybridized carbons (Fsp3) is 0.643. The normalized spacial score (nSPS) is 16.8. The zero-order valence-corrected chi connectivity index (χ0v) is 10.8. The molecule has 0 N–H and O–H groups in total. The molecule has 3 heteroatoms. The molecule has 3 nitrogen and oxygen atoms in total. The number of carbonyl (C=O) groups is 1. The topological polar surface area (TPSA) is 29.5 Å². The molecule has 1 saturated carbocycles. The molecule has 0 amide bonds. The number of rotatable bonds is 6. The summed E-state index contributed by atoms with van der Waals surface area (Å²) in [5, 5.41) is 0. The van der Waals surface area contributed by atoms with Gasteiger partial charge in [-0.2, -0.15) is 0 Å². The molecule has 0 saturated heterocycles. The molecule has 1 rings (SSSR count). The Morgan fingerprint density at radius 3 is 2.59 bits per heavy atom. The number of ether oxygens (including phenoxy) is 1. The summed E-state index contributed by atoms with van der Waals surface area (Å²) in [6.07, 6.45) is 8.20. The number of hydrogen-bond acceptors (Lipinski definition) is 3. The van der Waals surface area contributed by atoms with E-state index in [1.54, 1.807) is 0 Å². The Morgan fingerprint density at radius 1 is 1.41 bits per heavy atom. The Balaban J connectivity index is 2.55. The molecular weight excluding hydrogens is 214 g/mol. The first-order valence-electron chi connectivity index (χ1n) is 6.30. The van der Waals surface area contributed by atoms with Crippen LogP contribution in [0, 0.1) is 0 Å². The van der Waals surface area contributed by atoms with Gasteiger partial charge in [0.25, 0.3) is 0 Å². The van der Waals surface area contributed by atoms with E-state index in [4.69, 9.17) is 0 Å². The van der Waals surface area contributed by atoms with Crippen molar-refractivity contribution in [3.05, 3.63) is 24.8 Å². The Hall–Kier alpha value is -1.09. The second-order valence-corrected chi connectivity index (χ2v) is 4.61. The molecule has 1 aliphatic carbocycles. The Morgan fingerprint density at radius 2 is 2.06 bits per heavy atom. The molecular formula is C14H23NO2. The van der Waals surface area contributed by atoms with E-state index in [-0.39, 0.29) is 5.97 Å². The summed E-state index contributed by atoms with van der Waals surface area (Å²) < 4.78 is 4.69. The molecule has 0 unspecified atom stereocenters. The van der Waals surface area contributed by atoms with Crippen LogP contribution >= 0.6 is 0 Å². The molecule has 0 radical (unpaired) electrons. The molecule has 0 aromatic rings. The van der Waals surface area contributed by atoms with Gasteiger partial charge in [-0.05, 0) is 12.8 Å². The standard InChI is InChI=1S/C14H23NO2/c1-4-10-15(11-12(2)14(16)17-3)13-8-6-5-7-9-13/h4,13H,1-2,5-11H2,3H3. The summed E-state index contributed by atoms with van der Waals surface area (Å²) in [7, 11) is 1.39. The van der Waals surface area contributed by atoms with Crippen molar-refractivity contribution in [2.75, 3.05) is 20.2 Å². The van der Waals surface area contributed by atoms with Crippen molar-refractivity contribution in [3.63, 3.8) is 0 Å². The molecule has 1 fully saturated rings. The highest BCUT2D eigenvalue weighted by atomic mass is 16.5. The lowest BCUT2D eigenvalue weighted by Gasteiger charge is -2.33. The minimum Gasteiger partial charge on any atom is -0.466 e. The van der Waals surface area contributed by atoms with Crippen LogP contribution in [0.15, 0.2) is 24.8 Å². The van der Waals surface area contributed by atoms with Crippen LogP contribution in [0.1, 0.15) is 32.1 Å². The van der Waals surface area contributed by atoms with Crippen LogP contribution in [0.25, 0.3) is 0 Å². The third-order valence-electron chi connectivity index (χ3n) is 3.32. The maximum absolute atomic E-state index is 11.4. The van der Waals surface area contributed by atoms with Crippen molar-refractivity contribution in [2.24, 2.45) is 0 Å². The van der Waals surface area contributed by atoms with Crippen LogP contribution in [0.3, 0.4) is 0 Å². The molecule has 0 aromatic heterocycles. The van der Waals surface area contributed by atoms with Crippen LogP contribution in [0.5, 0.6) is 0 Å². The smallest absolute Gasteiger partial charge is 0.334 e. The first-order chi connectivity index (χ1) is 8.19. The Labute approximate surface area is 104 Å². The van der Waals surface area contributed by atoms with Gasteiger partial charge in [-0.3, -0.25) is 4.90 Å². The second-order valence-electron chi connectivity index (χ2n) is 4.61. The minimum absolute atomic E-state index is 0.310. The van der Waals surface area contributed by atoms with Gasteiger partial charge in [-0.15, -0.1) is 6.58 Å². The van der Waals surface area contributed by atoms with Crippen LogP contribution in [0.2, 0.25) is 0 Å². The first kappa shape index (κ1) is 14.0. The van der Waals surface area contributed by atoms with Gasteiger partial charge in [-0.1, -0.05) is 31.9 Å². The van der Waals surface area contributed by atoms with E-state index >= 15 is 0 Å². The largest absolute Gasteiger partial charge is 0.466 e. The summed E-state index contributed by atoms with van der Waals surface area (Å²) in [6.45, 7) is 8.96. The van der Waals surface area contributed by atoms with Crippen molar-refractivity contribution in [2.45, 2.75) is 38.1 Å². The molecule has 1 aliphatic rings. The van der Waals surface area contributed by atoms with E-state index in [0.717, 1.165) is 6.54 Å². The fourth-order valence-corrected chi connectivity index (χ4v) is 2.41. The van der Waals surface area contributed by atoms with E-state index in [0.29, 0.717) is 18.2 Å². The van der Waals surface area contributed by atoms with E-state index in [9.17, 15) is 4.79 Å². The summed E-state index contributed by atoms with van der Waals surface area (Å²) in [6, 6.07) is 0.558. The van der Waals surface area contributed by atoms with E-state index in [1.807, 2.05) is 6.08 Å². The van der Waals surface area contributed by atoms with Crippen molar-refractivity contribution in [1.29, 1.82) is 0 Å². The summed E-state index contributed by atoms with van der Waals surface area (Å²) >= 11 is 0. The molecule has 96 valence electrons. The highest BCUT2D eigenvalue weighted by Crippen LogP contribution is 2.23. The van der Waals surface area contributed by atoms with Gasteiger partial charge in [-0.25, -0.2) is 4.79 Å². The van der Waals surface area contributed by atoms with Gasteiger partial charge in [0.05, 0.1) is 7.11 Å². The van der Waals surface area contributed by atoms with E-state index in [1.165, 1.54) is 39.2 Å². The summed E-state index contributed by atoms with van der Waals surface area (Å²) in [4.78, 5) is 13.6. The lowest BCUT2D eigenvalue weighted by molar-refractivity contribution is -0.136. The van der Waals surface area contributed by atoms with Crippen LogP contribution in [-0.4, -0.2) is 37.1 Å². The lowest BCUT2D eigenvalue weighted by atomic mass is 9.94. The van der Waals surface area contributed by atoms with Gasteiger partial charge in [0.15, 0.2) is 0 Å². The highest BCUT2D eigenvalue weighted by Gasteiger charge is 2.22. The summed E-state index contributed by atoms with van der Waals surface area (Å²) in [5.74, 6) is -0.310. The predicted molar refractivity (Wildman–Crippen MR) is 69.8 cm³/mol. The average Bonchev–Trinajstić information content (AvgIpc) is 2.38. The van der Waals surface area contributed by atoms with Gasteiger partial charge in [0.2, 0.25) is 0 Å². The van der Waals surface area contributed by atoms with Crippen molar-refractivity contribution >= 4 is 5.97 Å². The maximum atomic E-state index is 11.4. The lowest BCUT2D eigenvalue weighted by Crippen LogP contribution is -2.39. The third-order valence-corrected chi connectivity index (χ3v) is 3.32. The third kappa shape index (κ3) is 4.35. The zero-order chi connectivity index (χ0) is 12.7. The Kier molecular flexibility index (Phi) is 5.98. The number of nitrogens with zero attached hydrogens (tertiary/aromatic N) is 1. The van der Waals surface area contributed by atoms with Gasteiger partial charge in [0, 0.05) is 24.7 Å². The van der Waals surface area contributed by atoms with Crippen LogP contribution in [-0.2, 0) is 9.53 Å². The molecule has 0 bridgehead atoms. The second kappa shape index (κ2) is 7.28. The quantitative estimate of drug-likeness (QED) is 0.404. The molecule has 0 aliphatic heterocycles. The number of hydrogen-bond donors (Lipinski definition) is 0. The highest BCUT2D eigenvalue weighted by molar-refractivity contribution is 5.88. The predicted octanol–water partition coefficient (Wildman–Crippen LogP) is 2.54. The molecule has 0 aromatic carbocycles. The average molecular weight is 237 g/mol. The Bertz CT molecular complexity index is 280. The molecule has 0 atom stereocenters. The summed E-state index contributed by atoms with van der Waals surface area (Å²) in [5.41, 5.74) is 0.528. The van der Waals surface area contributed by atoms with Crippen molar-refractivity contribution in [1.82, 2.24) is 4.90 Å².